The molecule has 8 nitrogen and oxygen atoms in total. The van der Waals surface area contributed by atoms with Crippen molar-refractivity contribution < 1.29 is 29.2 Å². The summed E-state index contributed by atoms with van der Waals surface area (Å²) >= 11 is 0. The number of methoxy groups -OCH3 is 2. The standard InChI is InChI=1S/C23H22N2O6/c1-29-20-7-3-5-15(9-20)14-31-22-16(6-4-8-21(22)30-2)13-24-25-23(28)17-10-18(26)12-19(27)11-17/h3-13,26-27H,14H2,1-2H3,(H,25,28)/b24-13-. The summed E-state index contributed by atoms with van der Waals surface area (Å²) in [6.45, 7) is 0.271. The normalized spacial score (nSPS) is 10.6. The van der Waals surface area contributed by atoms with Gasteiger partial charge in [0.25, 0.3) is 5.91 Å². The number of hydrogen-bond donors (Lipinski definition) is 3. The van der Waals surface area contributed by atoms with Crippen LogP contribution < -0.4 is 19.6 Å². The number of aromatic hydroxyl groups is 2. The number of nitrogens with zero attached hydrogens (tertiary/aromatic N) is 1. The summed E-state index contributed by atoms with van der Waals surface area (Å²) < 4.78 is 16.6. The van der Waals surface area contributed by atoms with Gasteiger partial charge in [-0.2, -0.15) is 5.10 Å². The Bertz CT molecular complexity index is 1080. The average Bonchev–Trinajstić information content (AvgIpc) is 2.77. The number of hydrazone groups is 1. The molecule has 0 radical (unpaired) electrons. The van der Waals surface area contributed by atoms with E-state index >= 15 is 0 Å². The molecule has 0 aromatic heterocycles. The molecule has 0 aliphatic carbocycles. The Labute approximate surface area is 179 Å². The highest BCUT2D eigenvalue weighted by Crippen LogP contribution is 2.31. The second kappa shape index (κ2) is 10.0. The van der Waals surface area contributed by atoms with E-state index < -0.39 is 5.91 Å². The summed E-state index contributed by atoms with van der Waals surface area (Å²) in [6.07, 6.45) is 1.42. The minimum Gasteiger partial charge on any atom is -0.508 e. The lowest BCUT2D eigenvalue weighted by molar-refractivity contribution is 0.0954. The third kappa shape index (κ3) is 5.66. The highest BCUT2D eigenvalue weighted by molar-refractivity contribution is 5.96. The number of carbonyl (C=O) groups excluding carboxylic acids is 1. The monoisotopic (exact) mass is 422 g/mol. The van der Waals surface area contributed by atoms with Crippen LogP contribution in [0.3, 0.4) is 0 Å². The molecule has 3 N–H and O–H groups in total. The molecular weight excluding hydrogens is 400 g/mol. The highest BCUT2D eigenvalue weighted by Gasteiger charge is 2.11. The molecule has 0 aliphatic rings. The molecule has 0 fully saturated rings. The Morgan fingerprint density at radius 2 is 1.74 bits per heavy atom. The van der Waals surface area contributed by atoms with Crippen LogP contribution in [0.25, 0.3) is 0 Å². The molecule has 0 heterocycles. The summed E-state index contributed by atoms with van der Waals surface area (Å²) in [4.78, 5) is 12.2. The van der Waals surface area contributed by atoms with E-state index in [-0.39, 0.29) is 23.7 Å². The molecule has 3 rings (SSSR count). The zero-order chi connectivity index (χ0) is 22.2. The van der Waals surface area contributed by atoms with Crippen LogP contribution in [0.2, 0.25) is 0 Å². The number of para-hydroxylation sites is 1. The van der Waals surface area contributed by atoms with E-state index in [0.717, 1.165) is 17.4 Å². The molecule has 0 saturated carbocycles. The number of ether oxygens (including phenoxy) is 3. The maximum Gasteiger partial charge on any atom is 0.271 e. The van der Waals surface area contributed by atoms with Crippen LogP contribution in [0.15, 0.2) is 65.8 Å². The lowest BCUT2D eigenvalue weighted by Crippen LogP contribution is -2.17. The molecule has 0 saturated heterocycles. The SMILES string of the molecule is COc1cccc(COc2c(/C=N\NC(=O)c3cc(O)cc(O)c3)cccc2OC)c1. The first-order chi connectivity index (χ1) is 15.0. The van der Waals surface area contributed by atoms with Gasteiger partial charge in [-0.3, -0.25) is 4.79 Å². The van der Waals surface area contributed by atoms with Gasteiger partial charge in [-0.1, -0.05) is 18.2 Å². The quantitative estimate of drug-likeness (QED) is 0.379. The van der Waals surface area contributed by atoms with Gasteiger partial charge in [-0.15, -0.1) is 0 Å². The molecule has 0 bridgehead atoms. The van der Waals surface area contributed by atoms with Crippen molar-refractivity contribution in [2.24, 2.45) is 5.10 Å². The number of carbonyl (C=O) groups is 1. The van der Waals surface area contributed by atoms with E-state index in [1.807, 2.05) is 24.3 Å². The van der Waals surface area contributed by atoms with Crippen molar-refractivity contribution in [2.45, 2.75) is 6.61 Å². The molecule has 0 atom stereocenters. The van der Waals surface area contributed by atoms with E-state index in [2.05, 4.69) is 10.5 Å². The Balaban J connectivity index is 1.75. The lowest BCUT2D eigenvalue weighted by Gasteiger charge is -2.13. The number of amides is 1. The second-order valence-electron chi connectivity index (χ2n) is 6.46. The molecule has 31 heavy (non-hydrogen) atoms. The highest BCUT2D eigenvalue weighted by atomic mass is 16.5. The summed E-state index contributed by atoms with van der Waals surface area (Å²) in [6, 6.07) is 16.4. The van der Waals surface area contributed by atoms with Crippen molar-refractivity contribution in [1.29, 1.82) is 0 Å². The van der Waals surface area contributed by atoms with Gasteiger partial charge in [-0.05, 0) is 42.0 Å². The molecule has 1 amide bonds. The predicted molar refractivity (Wildman–Crippen MR) is 115 cm³/mol. The van der Waals surface area contributed by atoms with Crippen LogP contribution in [0.5, 0.6) is 28.7 Å². The fraction of sp³-hybridized carbons (Fsp3) is 0.130. The van der Waals surface area contributed by atoms with Gasteiger partial charge in [0.1, 0.15) is 23.9 Å². The lowest BCUT2D eigenvalue weighted by atomic mass is 10.2. The maximum atomic E-state index is 12.2. The third-order valence-corrected chi connectivity index (χ3v) is 4.28. The first-order valence-corrected chi connectivity index (χ1v) is 9.29. The van der Waals surface area contributed by atoms with Gasteiger partial charge in [-0.25, -0.2) is 5.43 Å². The molecule has 0 aliphatic heterocycles. The summed E-state index contributed by atoms with van der Waals surface area (Å²) in [5, 5.41) is 23.0. The zero-order valence-electron chi connectivity index (χ0n) is 17.0. The fourth-order valence-corrected chi connectivity index (χ4v) is 2.82. The van der Waals surface area contributed by atoms with Crippen LogP contribution in [-0.2, 0) is 6.61 Å². The van der Waals surface area contributed by atoms with Crippen molar-refractivity contribution in [3.8, 4) is 28.7 Å². The minimum atomic E-state index is -0.593. The van der Waals surface area contributed by atoms with Crippen molar-refractivity contribution in [3.05, 3.63) is 77.4 Å². The zero-order valence-corrected chi connectivity index (χ0v) is 17.0. The van der Waals surface area contributed by atoms with Gasteiger partial charge in [0, 0.05) is 17.2 Å². The minimum absolute atomic E-state index is 0.0646. The molecule has 0 spiro atoms. The van der Waals surface area contributed by atoms with E-state index in [9.17, 15) is 15.0 Å². The molecule has 3 aromatic rings. The van der Waals surface area contributed by atoms with Crippen LogP contribution in [0, 0.1) is 0 Å². The van der Waals surface area contributed by atoms with Gasteiger partial charge in [0.05, 0.1) is 20.4 Å². The second-order valence-corrected chi connectivity index (χ2v) is 6.46. The smallest absolute Gasteiger partial charge is 0.271 e. The van der Waals surface area contributed by atoms with Crippen LogP contribution in [0.1, 0.15) is 21.5 Å². The molecule has 3 aromatic carbocycles. The molecular formula is C23H22N2O6. The van der Waals surface area contributed by atoms with E-state index in [4.69, 9.17) is 14.2 Å². The van der Waals surface area contributed by atoms with Crippen molar-refractivity contribution >= 4 is 12.1 Å². The van der Waals surface area contributed by atoms with Gasteiger partial charge >= 0.3 is 0 Å². The summed E-state index contributed by atoms with van der Waals surface area (Å²) in [7, 11) is 3.13. The van der Waals surface area contributed by atoms with Gasteiger partial charge in [0.15, 0.2) is 11.5 Å². The number of rotatable bonds is 8. The Kier molecular flexibility index (Phi) is 6.95. The number of phenols is 2. The summed E-state index contributed by atoms with van der Waals surface area (Å²) in [5.41, 5.74) is 3.91. The van der Waals surface area contributed by atoms with Crippen LogP contribution in [0.4, 0.5) is 0 Å². The molecule has 0 unspecified atom stereocenters. The molecule has 8 heteroatoms. The average molecular weight is 422 g/mol. The summed E-state index contributed by atoms with van der Waals surface area (Å²) in [5.74, 6) is 0.648. The van der Waals surface area contributed by atoms with Gasteiger partial charge < -0.3 is 24.4 Å². The largest absolute Gasteiger partial charge is 0.508 e. The number of nitrogens with one attached hydrogen (secondary N) is 1. The predicted octanol–water partition coefficient (Wildman–Crippen LogP) is 3.46. The fourth-order valence-electron chi connectivity index (χ4n) is 2.82. The van der Waals surface area contributed by atoms with Crippen molar-refractivity contribution in [3.63, 3.8) is 0 Å². The Morgan fingerprint density at radius 3 is 2.45 bits per heavy atom. The molecule has 160 valence electrons. The number of hydrogen-bond acceptors (Lipinski definition) is 7. The van der Waals surface area contributed by atoms with E-state index in [0.29, 0.717) is 17.1 Å². The number of benzene rings is 3. The third-order valence-electron chi connectivity index (χ3n) is 4.28. The first kappa shape index (κ1) is 21.5. The van der Waals surface area contributed by atoms with Crippen LogP contribution >= 0.6 is 0 Å². The Morgan fingerprint density at radius 1 is 1.00 bits per heavy atom. The maximum absolute atomic E-state index is 12.2. The van der Waals surface area contributed by atoms with Crippen molar-refractivity contribution in [2.75, 3.05) is 14.2 Å². The van der Waals surface area contributed by atoms with E-state index in [1.54, 1.807) is 25.3 Å². The van der Waals surface area contributed by atoms with Crippen LogP contribution in [-0.4, -0.2) is 36.6 Å². The van der Waals surface area contributed by atoms with E-state index in [1.165, 1.54) is 25.5 Å². The topological polar surface area (TPSA) is 110 Å². The van der Waals surface area contributed by atoms with Crippen molar-refractivity contribution in [1.82, 2.24) is 5.43 Å². The number of phenolic OH excluding ortho intramolecular Hbond substituents is 2. The first-order valence-electron chi connectivity index (χ1n) is 9.29. The Hall–Kier alpha value is -4.20. The van der Waals surface area contributed by atoms with Gasteiger partial charge in [0.2, 0.25) is 0 Å².